The van der Waals surface area contributed by atoms with Crippen molar-refractivity contribution in [2.75, 3.05) is 11.5 Å². The van der Waals surface area contributed by atoms with E-state index in [1.807, 2.05) is 30.1 Å². The van der Waals surface area contributed by atoms with Gasteiger partial charge in [0.15, 0.2) is 5.65 Å². The van der Waals surface area contributed by atoms with Crippen LogP contribution >= 0.6 is 23.4 Å². The van der Waals surface area contributed by atoms with Crippen LogP contribution in [0, 0.1) is 0 Å². The molecule has 0 amide bonds. The van der Waals surface area contributed by atoms with Crippen molar-refractivity contribution in [3.8, 4) is 0 Å². The molecule has 3 nitrogen and oxygen atoms in total. The van der Waals surface area contributed by atoms with E-state index in [2.05, 4.69) is 14.5 Å². The molecule has 0 atom stereocenters. The molecule has 0 unspecified atom stereocenters. The second-order valence-corrected chi connectivity index (χ2v) is 5.71. The predicted octanol–water partition coefficient (Wildman–Crippen LogP) is 3.24. The maximum atomic E-state index is 6.01. The first-order valence-corrected chi connectivity index (χ1v) is 7.54. The summed E-state index contributed by atoms with van der Waals surface area (Å²) in [6.07, 6.45) is 4.21. The number of hydrogen-bond acceptors (Lipinski definition) is 3. The van der Waals surface area contributed by atoms with Gasteiger partial charge in [-0.2, -0.15) is 11.8 Å². The van der Waals surface area contributed by atoms with E-state index in [0.29, 0.717) is 11.9 Å². The van der Waals surface area contributed by atoms with E-state index in [-0.39, 0.29) is 0 Å². The average Bonchev–Trinajstić information content (AvgIpc) is 2.78. The summed E-state index contributed by atoms with van der Waals surface area (Å²) in [6, 6.07) is 4.45. The molecule has 0 spiro atoms. The molecule has 1 fully saturated rings. The third kappa shape index (κ3) is 2.04. The third-order valence-corrected chi connectivity index (χ3v) is 4.49. The number of pyridine rings is 1. The van der Waals surface area contributed by atoms with Crippen LogP contribution in [0.4, 0.5) is 0 Å². The van der Waals surface area contributed by atoms with Crippen molar-refractivity contribution in [3.05, 3.63) is 24.2 Å². The molecule has 2 aromatic rings. The lowest BCUT2D eigenvalue weighted by Crippen LogP contribution is -2.17. The van der Waals surface area contributed by atoms with Gasteiger partial charge in [0.05, 0.1) is 5.88 Å². The molecular weight excluding hydrogens is 254 g/mol. The van der Waals surface area contributed by atoms with Crippen LogP contribution in [0.15, 0.2) is 18.3 Å². The highest BCUT2D eigenvalue weighted by atomic mass is 35.5. The number of halogens is 1. The molecule has 3 heterocycles. The van der Waals surface area contributed by atoms with Crippen LogP contribution in [-0.4, -0.2) is 26.0 Å². The van der Waals surface area contributed by atoms with E-state index in [0.717, 1.165) is 17.0 Å². The molecule has 1 aliphatic heterocycles. The van der Waals surface area contributed by atoms with Crippen LogP contribution in [0.5, 0.6) is 0 Å². The quantitative estimate of drug-likeness (QED) is 0.783. The fraction of sp³-hybridized carbons (Fsp3) is 0.500. The summed E-state index contributed by atoms with van der Waals surface area (Å²) in [5.74, 6) is 3.86. The Kier molecular flexibility index (Phi) is 3.25. The van der Waals surface area contributed by atoms with Crippen LogP contribution in [0.1, 0.15) is 24.7 Å². The van der Waals surface area contributed by atoms with Gasteiger partial charge in [0, 0.05) is 12.2 Å². The number of fused-ring (bicyclic) bond motifs is 1. The number of imidazole rings is 1. The first-order chi connectivity index (χ1) is 8.40. The molecule has 0 radical (unpaired) electrons. The Labute approximate surface area is 110 Å². The maximum Gasteiger partial charge on any atom is 0.160 e. The lowest BCUT2D eigenvalue weighted by Gasteiger charge is -2.24. The lowest BCUT2D eigenvalue weighted by molar-refractivity contribution is 0.467. The summed E-state index contributed by atoms with van der Waals surface area (Å²) in [7, 11) is 0. The number of alkyl halides is 1. The summed E-state index contributed by atoms with van der Waals surface area (Å²) >= 11 is 8.03. The van der Waals surface area contributed by atoms with E-state index in [1.165, 1.54) is 24.3 Å². The zero-order valence-corrected chi connectivity index (χ0v) is 11.0. The monoisotopic (exact) mass is 267 g/mol. The van der Waals surface area contributed by atoms with Gasteiger partial charge in [-0.1, -0.05) is 0 Å². The van der Waals surface area contributed by atoms with E-state index >= 15 is 0 Å². The molecule has 0 saturated carbocycles. The Hall–Kier alpha value is -0.740. The Morgan fingerprint density at radius 2 is 2.24 bits per heavy atom. The van der Waals surface area contributed by atoms with Gasteiger partial charge in [0.25, 0.3) is 0 Å². The standard InChI is InChI=1S/C12H14ClN3S/c13-8-11-15-10-2-1-5-14-12(10)16(11)9-3-6-17-7-4-9/h1-2,5,9H,3-4,6-8H2. The molecule has 2 aromatic heterocycles. The molecule has 0 aliphatic carbocycles. The van der Waals surface area contributed by atoms with Crippen molar-refractivity contribution in [1.82, 2.24) is 14.5 Å². The smallest absolute Gasteiger partial charge is 0.160 e. The highest BCUT2D eigenvalue weighted by molar-refractivity contribution is 7.99. The van der Waals surface area contributed by atoms with Crippen molar-refractivity contribution in [1.29, 1.82) is 0 Å². The minimum absolute atomic E-state index is 0.458. The first kappa shape index (κ1) is 11.4. The van der Waals surface area contributed by atoms with Gasteiger partial charge in [-0.15, -0.1) is 11.6 Å². The normalized spacial score (nSPS) is 17.7. The van der Waals surface area contributed by atoms with Gasteiger partial charge in [0.2, 0.25) is 0 Å². The van der Waals surface area contributed by atoms with Crippen LogP contribution < -0.4 is 0 Å². The first-order valence-electron chi connectivity index (χ1n) is 5.85. The summed E-state index contributed by atoms with van der Waals surface area (Å²) in [4.78, 5) is 9.03. The molecule has 90 valence electrons. The lowest BCUT2D eigenvalue weighted by atomic mass is 10.1. The molecule has 17 heavy (non-hydrogen) atoms. The molecule has 0 bridgehead atoms. The molecule has 1 aliphatic rings. The van der Waals surface area contributed by atoms with Gasteiger partial charge in [-0.3, -0.25) is 0 Å². The van der Waals surface area contributed by atoms with Crippen molar-refractivity contribution >= 4 is 34.5 Å². The summed E-state index contributed by atoms with van der Waals surface area (Å²) < 4.78 is 2.25. The molecule has 3 rings (SSSR count). The van der Waals surface area contributed by atoms with E-state index in [9.17, 15) is 0 Å². The van der Waals surface area contributed by atoms with Crippen molar-refractivity contribution in [2.24, 2.45) is 0 Å². The Morgan fingerprint density at radius 1 is 1.41 bits per heavy atom. The highest BCUT2D eigenvalue weighted by Crippen LogP contribution is 2.31. The van der Waals surface area contributed by atoms with E-state index in [4.69, 9.17) is 11.6 Å². The van der Waals surface area contributed by atoms with E-state index in [1.54, 1.807) is 0 Å². The van der Waals surface area contributed by atoms with Crippen molar-refractivity contribution in [3.63, 3.8) is 0 Å². The van der Waals surface area contributed by atoms with Gasteiger partial charge in [-0.25, -0.2) is 9.97 Å². The molecule has 5 heteroatoms. The fourth-order valence-corrected chi connectivity index (χ4v) is 3.67. The van der Waals surface area contributed by atoms with E-state index < -0.39 is 0 Å². The summed E-state index contributed by atoms with van der Waals surface area (Å²) in [5, 5.41) is 0. The van der Waals surface area contributed by atoms with Gasteiger partial charge >= 0.3 is 0 Å². The number of aromatic nitrogens is 3. The van der Waals surface area contributed by atoms with Crippen LogP contribution in [0.3, 0.4) is 0 Å². The van der Waals surface area contributed by atoms with Gasteiger partial charge in [0.1, 0.15) is 11.3 Å². The van der Waals surface area contributed by atoms with Crippen LogP contribution in [-0.2, 0) is 5.88 Å². The Balaban J connectivity index is 2.11. The largest absolute Gasteiger partial charge is 0.309 e. The Morgan fingerprint density at radius 3 is 3.00 bits per heavy atom. The van der Waals surface area contributed by atoms with Crippen LogP contribution in [0.2, 0.25) is 0 Å². The molecule has 0 aromatic carbocycles. The second kappa shape index (κ2) is 4.86. The summed E-state index contributed by atoms with van der Waals surface area (Å²) in [5.41, 5.74) is 1.95. The van der Waals surface area contributed by atoms with Crippen LogP contribution in [0.25, 0.3) is 11.2 Å². The molecular formula is C12H14ClN3S. The minimum Gasteiger partial charge on any atom is -0.309 e. The topological polar surface area (TPSA) is 30.7 Å². The van der Waals surface area contributed by atoms with Crippen molar-refractivity contribution < 1.29 is 0 Å². The van der Waals surface area contributed by atoms with Gasteiger partial charge in [-0.05, 0) is 36.5 Å². The summed E-state index contributed by atoms with van der Waals surface area (Å²) in [6.45, 7) is 0. The number of hydrogen-bond donors (Lipinski definition) is 0. The number of rotatable bonds is 2. The molecule has 0 N–H and O–H groups in total. The molecule has 1 saturated heterocycles. The predicted molar refractivity (Wildman–Crippen MR) is 72.7 cm³/mol. The zero-order valence-electron chi connectivity index (χ0n) is 9.47. The third-order valence-electron chi connectivity index (χ3n) is 3.20. The average molecular weight is 268 g/mol. The zero-order chi connectivity index (χ0) is 11.7. The fourth-order valence-electron chi connectivity index (χ4n) is 2.40. The van der Waals surface area contributed by atoms with Crippen molar-refractivity contribution in [2.45, 2.75) is 24.8 Å². The minimum atomic E-state index is 0.458. The maximum absolute atomic E-state index is 6.01. The number of nitrogens with zero attached hydrogens (tertiary/aromatic N) is 3. The Bertz CT molecular complexity index is 519. The SMILES string of the molecule is ClCc1nc2cccnc2n1C1CCSCC1. The second-order valence-electron chi connectivity index (χ2n) is 4.22. The van der Waals surface area contributed by atoms with Gasteiger partial charge < -0.3 is 4.57 Å². The highest BCUT2D eigenvalue weighted by Gasteiger charge is 2.21. The number of thioether (sulfide) groups is 1.